The predicted molar refractivity (Wildman–Crippen MR) is 79.1 cm³/mol. The maximum atomic E-state index is 12.6. The van der Waals surface area contributed by atoms with E-state index in [2.05, 4.69) is 19.2 Å². The van der Waals surface area contributed by atoms with Crippen LogP contribution in [-0.4, -0.2) is 25.5 Å². The number of hydrogen-bond donors (Lipinski definition) is 1. The SMILES string of the molecule is CCNC(C(=O)c1cc(C)c(OC)cc1C)C(C)C. The number of carbonyl (C=O) groups is 1. The van der Waals surface area contributed by atoms with Gasteiger partial charge in [0.2, 0.25) is 0 Å². The number of nitrogens with one attached hydrogen (secondary N) is 1. The first-order valence-electron chi connectivity index (χ1n) is 6.85. The third kappa shape index (κ3) is 3.57. The van der Waals surface area contributed by atoms with Gasteiger partial charge >= 0.3 is 0 Å². The lowest BCUT2D eigenvalue weighted by Gasteiger charge is -2.22. The van der Waals surface area contributed by atoms with Gasteiger partial charge in [0, 0.05) is 5.56 Å². The Bertz CT molecular complexity index is 452. The molecule has 0 aliphatic rings. The van der Waals surface area contributed by atoms with Crippen LogP contribution in [0.25, 0.3) is 0 Å². The molecule has 0 heterocycles. The second kappa shape index (κ2) is 6.71. The van der Waals surface area contributed by atoms with Gasteiger partial charge in [-0.2, -0.15) is 0 Å². The molecule has 3 heteroatoms. The van der Waals surface area contributed by atoms with Crippen molar-refractivity contribution in [3.05, 3.63) is 28.8 Å². The Morgan fingerprint density at radius 2 is 1.89 bits per heavy atom. The van der Waals surface area contributed by atoms with Crippen LogP contribution in [0.1, 0.15) is 42.3 Å². The van der Waals surface area contributed by atoms with Gasteiger partial charge in [-0.25, -0.2) is 0 Å². The highest BCUT2D eigenvalue weighted by Crippen LogP contribution is 2.24. The number of methoxy groups -OCH3 is 1. The number of benzene rings is 1. The fourth-order valence-electron chi connectivity index (χ4n) is 2.29. The third-order valence-corrected chi connectivity index (χ3v) is 3.38. The monoisotopic (exact) mass is 263 g/mol. The first kappa shape index (κ1) is 15.7. The van der Waals surface area contributed by atoms with Gasteiger partial charge in [0.05, 0.1) is 13.2 Å². The molecule has 0 spiro atoms. The maximum Gasteiger partial charge on any atom is 0.180 e. The Kier molecular flexibility index (Phi) is 5.55. The molecule has 0 aliphatic heterocycles. The van der Waals surface area contributed by atoms with Crippen LogP contribution in [0.4, 0.5) is 0 Å². The Hall–Kier alpha value is -1.35. The molecule has 1 unspecified atom stereocenters. The Labute approximate surface area is 116 Å². The Morgan fingerprint density at radius 1 is 1.26 bits per heavy atom. The molecule has 0 aromatic heterocycles. The number of Topliss-reactive ketones (excluding diaryl/α,β-unsaturated/α-hetero) is 1. The average Bonchev–Trinajstić information content (AvgIpc) is 2.37. The number of likely N-dealkylation sites (N-methyl/N-ethyl adjacent to an activating group) is 1. The van der Waals surface area contributed by atoms with E-state index in [9.17, 15) is 4.79 Å². The number of aryl methyl sites for hydroxylation is 2. The van der Waals surface area contributed by atoms with Crippen LogP contribution >= 0.6 is 0 Å². The summed E-state index contributed by atoms with van der Waals surface area (Å²) >= 11 is 0. The van der Waals surface area contributed by atoms with Crippen molar-refractivity contribution in [2.24, 2.45) is 5.92 Å². The topological polar surface area (TPSA) is 38.3 Å². The highest BCUT2D eigenvalue weighted by atomic mass is 16.5. The second-order valence-electron chi connectivity index (χ2n) is 5.28. The van der Waals surface area contributed by atoms with Crippen LogP contribution in [0.2, 0.25) is 0 Å². The molecule has 0 fully saturated rings. The minimum atomic E-state index is -0.128. The number of carbonyl (C=O) groups excluding carboxylic acids is 1. The van der Waals surface area contributed by atoms with E-state index in [4.69, 9.17) is 4.74 Å². The number of ketones is 1. The van der Waals surface area contributed by atoms with Crippen molar-refractivity contribution < 1.29 is 9.53 Å². The van der Waals surface area contributed by atoms with E-state index in [1.165, 1.54) is 0 Å². The van der Waals surface area contributed by atoms with Crippen LogP contribution in [0.3, 0.4) is 0 Å². The summed E-state index contributed by atoms with van der Waals surface area (Å²) in [6, 6.07) is 3.74. The number of hydrogen-bond acceptors (Lipinski definition) is 3. The summed E-state index contributed by atoms with van der Waals surface area (Å²) in [5, 5.41) is 3.27. The molecule has 3 nitrogen and oxygen atoms in total. The van der Waals surface area contributed by atoms with Crippen molar-refractivity contribution in [2.75, 3.05) is 13.7 Å². The van der Waals surface area contributed by atoms with Gasteiger partial charge < -0.3 is 10.1 Å². The zero-order valence-corrected chi connectivity index (χ0v) is 12.8. The normalized spacial score (nSPS) is 12.6. The maximum absolute atomic E-state index is 12.6. The van der Waals surface area contributed by atoms with E-state index < -0.39 is 0 Å². The Morgan fingerprint density at radius 3 is 2.37 bits per heavy atom. The largest absolute Gasteiger partial charge is 0.496 e. The Balaban J connectivity index is 3.14. The fourth-order valence-corrected chi connectivity index (χ4v) is 2.29. The molecule has 0 saturated heterocycles. The van der Waals surface area contributed by atoms with Gasteiger partial charge in [0.25, 0.3) is 0 Å². The lowest BCUT2D eigenvalue weighted by atomic mass is 9.91. The second-order valence-corrected chi connectivity index (χ2v) is 5.28. The zero-order chi connectivity index (χ0) is 14.6. The van der Waals surface area contributed by atoms with E-state index in [0.29, 0.717) is 0 Å². The van der Waals surface area contributed by atoms with Crippen molar-refractivity contribution in [3.63, 3.8) is 0 Å². The van der Waals surface area contributed by atoms with Gasteiger partial charge in [-0.3, -0.25) is 4.79 Å². The summed E-state index contributed by atoms with van der Waals surface area (Å²) in [4.78, 5) is 12.6. The molecule has 1 aromatic rings. The van der Waals surface area contributed by atoms with E-state index >= 15 is 0 Å². The molecule has 1 atom stereocenters. The molecule has 106 valence electrons. The van der Waals surface area contributed by atoms with E-state index in [1.54, 1.807) is 7.11 Å². The summed E-state index contributed by atoms with van der Waals surface area (Å²) in [5.74, 6) is 1.27. The van der Waals surface area contributed by atoms with Crippen molar-refractivity contribution in [1.29, 1.82) is 0 Å². The summed E-state index contributed by atoms with van der Waals surface area (Å²) < 4.78 is 5.29. The van der Waals surface area contributed by atoms with Gasteiger partial charge in [0.1, 0.15) is 5.75 Å². The predicted octanol–water partition coefficient (Wildman–Crippen LogP) is 3.13. The molecule has 0 aliphatic carbocycles. The summed E-state index contributed by atoms with van der Waals surface area (Å²) in [6.07, 6.45) is 0. The molecular weight excluding hydrogens is 238 g/mol. The van der Waals surface area contributed by atoms with E-state index in [0.717, 1.165) is 29.0 Å². The molecule has 0 amide bonds. The number of ether oxygens (including phenoxy) is 1. The first-order valence-corrected chi connectivity index (χ1v) is 6.85. The van der Waals surface area contributed by atoms with Gasteiger partial charge in [-0.1, -0.05) is 20.8 Å². The molecule has 1 aromatic carbocycles. The van der Waals surface area contributed by atoms with Crippen LogP contribution in [0.5, 0.6) is 5.75 Å². The third-order valence-electron chi connectivity index (χ3n) is 3.38. The molecular formula is C16H25NO2. The zero-order valence-electron chi connectivity index (χ0n) is 12.8. The smallest absolute Gasteiger partial charge is 0.180 e. The van der Waals surface area contributed by atoms with E-state index in [1.807, 2.05) is 32.9 Å². The van der Waals surface area contributed by atoms with Crippen LogP contribution in [0, 0.1) is 19.8 Å². The standard InChI is InChI=1S/C16H25NO2/c1-7-17-15(10(2)3)16(18)13-8-12(5)14(19-6)9-11(13)4/h8-10,15,17H,7H2,1-6H3. The fraction of sp³-hybridized carbons (Fsp3) is 0.562. The summed E-state index contributed by atoms with van der Waals surface area (Å²) in [6.45, 7) is 10.9. The lowest BCUT2D eigenvalue weighted by molar-refractivity contribution is 0.0917. The van der Waals surface area contributed by atoms with Crippen molar-refractivity contribution in [2.45, 2.75) is 40.7 Å². The summed E-state index contributed by atoms with van der Waals surface area (Å²) in [5.41, 5.74) is 2.75. The molecule has 19 heavy (non-hydrogen) atoms. The minimum Gasteiger partial charge on any atom is -0.496 e. The highest BCUT2D eigenvalue weighted by Gasteiger charge is 2.24. The van der Waals surface area contributed by atoms with Crippen LogP contribution in [-0.2, 0) is 0 Å². The van der Waals surface area contributed by atoms with Crippen molar-refractivity contribution >= 4 is 5.78 Å². The quantitative estimate of drug-likeness (QED) is 0.801. The first-order chi connectivity index (χ1) is 8.92. The summed E-state index contributed by atoms with van der Waals surface area (Å²) in [7, 11) is 1.65. The van der Waals surface area contributed by atoms with Crippen molar-refractivity contribution in [1.82, 2.24) is 5.32 Å². The van der Waals surface area contributed by atoms with Crippen molar-refractivity contribution in [3.8, 4) is 5.75 Å². The molecule has 0 radical (unpaired) electrons. The van der Waals surface area contributed by atoms with Crippen LogP contribution < -0.4 is 10.1 Å². The molecule has 1 N–H and O–H groups in total. The average molecular weight is 263 g/mol. The van der Waals surface area contributed by atoms with Gasteiger partial charge in [-0.15, -0.1) is 0 Å². The van der Waals surface area contributed by atoms with Gasteiger partial charge in [-0.05, 0) is 49.6 Å². The highest BCUT2D eigenvalue weighted by molar-refractivity contribution is 6.01. The minimum absolute atomic E-state index is 0.128. The van der Waals surface area contributed by atoms with Crippen LogP contribution in [0.15, 0.2) is 12.1 Å². The number of rotatable bonds is 6. The van der Waals surface area contributed by atoms with Gasteiger partial charge in [0.15, 0.2) is 5.78 Å². The van der Waals surface area contributed by atoms with E-state index in [-0.39, 0.29) is 17.7 Å². The molecule has 1 rings (SSSR count). The molecule has 0 saturated carbocycles. The molecule has 0 bridgehead atoms. The lowest BCUT2D eigenvalue weighted by Crippen LogP contribution is -2.41.